The fourth-order valence-electron chi connectivity index (χ4n) is 0.683. The predicted octanol–water partition coefficient (Wildman–Crippen LogP) is 2.92. The second kappa shape index (κ2) is 2.93. The zero-order valence-corrected chi connectivity index (χ0v) is 5.85. The van der Waals surface area contributed by atoms with Crippen LogP contribution in [0.25, 0.3) is 0 Å². The first kappa shape index (κ1) is 9.88. The Bertz CT molecular complexity index is 326. The maximum Gasteiger partial charge on any atom is 0.419 e. The molecular weight excluding hydrogens is 198 g/mol. The van der Waals surface area contributed by atoms with Crippen molar-refractivity contribution < 1.29 is 26.3 Å². The molecule has 0 aliphatic heterocycles. The van der Waals surface area contributed by atoms with Crippen LogP contribution in [0, 0.1) is 23.5 Å². The molecule has 6 heteroatoms. The molecule has 0 N–H and O–H groups in total. The average molecular weight is 199 g/mol. The van der Waals surface area contributed by atoms with Gasteiger partial charge in [0.1, 0.15) is 0 Å². The van der Waals surface area contributed by atoms with Gasteiger partial charge in [-0.15, -0.1) is 0 Å². The van der Waals surface area contributed by atoms with Gasteiger partial charge in [0.15, 0.2) is 17.5 Å². The minimum atomic E-state index is -5.05. The Morgan fingerprint density at radius 1 is 1.00 bits per heavy atom. The third-order valence-electron chi connectivity index (χ3n) is 1.27. The monoisotopic (exact) mass is 199 g/mol. The second-order valence-electron chi connectivity index (χ2n) is 2.14. The molecule has 0 amide bonds. The van der Waals surface area contributed by atoms with Crippen molar-refractivity contribution in [3.8, 4) is 0 Å². The highest BCUT2D eigenvalue weighted by atomic mass is 19.4. The van der Waals surface area contributed by atoms with Gasteiger partial charge in [0.2, 0.25) is 0 Å². The van der Waals surface area contributed by atoms with Gasteiger partial charge in [-0.2, -0.15) is 13.2 Å². The van der Waals surface area contributed by atoms with Gasteiger partial charge in [-0.25, -0.2) is 13.2 Å². The van der Waals surface area contributed by atoms with Gasteiger partial charge in [-0.1, -0.05) is 0 Å². The Kier molecular flexibility index (Phi) is 2.23. The van der Waals surface area contributed by atoms with E-state index in [0.29, 0.717) is 0 Å². The van der Waals surface area contributed by atoms with Gasteiger partial charge in [0.05, 0.1) is 5.56 Å². The number of rotatable bonds is 0. The van der Waals surface area contributed by atoms with Crippen LogP contribution < -0.4 is 0 Å². The van der Waals surface area contributed by atoms with Crippen LogP contribution >= 0.6 is 0 Å². The van der Waals surface area contributed by atoms with Crippen LogP contribution in [0.4, 0.5) is 26.3 Å². The molecule has 1 radical (unpaired) electrons. The summed E-state index contributed by atoms with van der Waals surface area (Å²) in [6.45, 7) is 0. The van der Waals surface area contributed by atoms with E-state index >= 15 is 0 Å². The summed E-state index contributed by atoms with van der Waals surface area (Å²) < 4.78 is 72.2. The van der Waals surface area contributed by atoms with Gasteiger partial charge in [0.25, 0.3) is 0 Å². The van der Waals surface area contributed by atoms with Crippen LogP contribution in [0.5, 0.6) is 0 Å². The molecule has 0 bridgehead atoms. The highest BCUT2D eigenvalue weighted by Crippen LogP contribution is 2.32. The Balaban J connectivity index is 3.35. The Labute approximate surface area is 68.8 Å². The van der Waals surface area contributed by atoms with Crippen molar-refractivity contribution in [1.29, 1.82) is 0 Å². The van der Waals surface area contributed by atoms with E-state index < -0.39 is 29.2 Å². The summed E-state index contributed by atoms with van der Waals surface area (Å²) in [5, 5.41) is 0. The van der Waals surface area contributed by atoms with Crippen LogP contribution in [0.3, 0.4) is 0 Å². The number of alkyl halides is 3. The molecule has 0 unspecified atom stereocenters. The van der Waals surface area contributed by atoms with Gasteiger partial charge in [-0.3, -0.25) is 0 Å². The van der Waals surface area contributed by atoms with Crippen molar-refractivity contribution in [1.82, 2.24) is 0 Å². The average Bonchev–Trinajstić information content (AvgIpc) is 1.98. The smallest absolute Gasteiger partial charge is 0.203 e. The minimum absolute atomic E-state index is 0.0216. The Morgan fingerprint density at radius 2 is 1.54 bits per heavy atom. The largest absolute Gasteiger partial charge is 0.419 e. The predicted molar refractivity (Wildman–Crippen MR) is 30.2 cm³/mol. The lowest BCUT2D eigenvalue weighted by Gasteiger charge is -2.07. The summed E-state index contributed by atoms with van der Waals surface area (Å²) in [5.41, 5.74) is -1.87. The van der Waals surface area contributed by atoms with Crippen LogP contribution in [0.2, 0.25) is 0 Å². The summed E-state index contributed by atoms with van der Waals surface area (Å²) in [7, 11) is 0. The molecule has 13 heavy (non-hydrogen) atoms. The topological polar surface area (TPSA) is 0 Å². The first-order valence-electron chi connectivity index (χ1n) is 2.96. The molecule has 0 saturated carbocycles. The molecule has 1 aromatic carbocycles. The number of hydrogen-bond acceptors (Lipinski definition) is 0. The Morgan fingerprint density at radius 3 is 2.00 bits per heavy atom. The van der Waals surface area contributed by atoms with Crippen LogP contribution in [0.1, 0.15) is 5.56 Å². The van der Waals surface area contributed by atoms with Crippen LogP contribution in [-0.2, 0) is 6.18 Å². The van der Waals surface area contributed by atoms with E-state index in [1.807, 2.05) is 0 Å². The molecule has 0 aliphatic rings. The quantitative estimate of drug-likeness (QED) is 0.445. The maximum atomic E-state index is 12.4. The Hall–Kier alpha value is -1.20. The summed E-state index contributed by atoms with van der Waals surface area (Å²) in [5.74, 6) is -6.19. The first-order chi connectivity index (χ1) is 5.84. The summed E-state index contributed by atoms with van der Waals surface area (Å²) in [4.78, 5) is 0. The molecule has 0 fully saturated rings. The molecular formula is C7HF6. The molecule has 0 heterocycles. The third-order valence-corrected chi connectivity index (χ3v) is 1.27. The van der Waals surface area contributed by atoms with Gasteiger partial charge in [-0.05, 0) is 6.07 Å². The highest BCUT2D eigenvalue weighted by molar-refractivity contribution is 5.21. The fraction of sp³-hybridized carbons (Fsp3) is 0.143. The molecule has 1 rings (SSSR count). The zero-order chi connectivity index (χ0) is 10.2. The lowest BCUT2D eigenvalue weighted by molar-refractivity contribution is -0.140. The lowest BCUT2D eigenvalue weighted by Crippen LogP contribution is -2.10. The van der Waals surface area contributed by atoms with Crippen molar-refractivity contribution in [3.05, 3.63) is 35.1 Å². The SMILES string of the molecule is Fc1[c]cc(C(F)(F)F)c(F)c1F. The van der Waals surface area contributed by atoms with E-state index in [9.17, 15) is 26.3 Å². The normalized spacial score (nSPS) is 11.8. The van der Waals surface area contributed by atoms with E-state index in [2.05, 4.69) is 0 Å². The number of hydrogen-bond donors (Lipinski definition) is 0. The van der Waals surface area contributed by atoms with Gasteiger partial charge >= 0.3 is 6.18 Å². The summed E-state index contributed by atoms with van der Waals surface area (Å²) >= 11 is 0. The van der Waals surface area contributed by atoms with Gasteiger partial charge < -0.3 is 0 Å². The van der Waals surface area contributed by atoms with E-state index in [-0.39, 0.29) is 6.07 Å². The molecule has 0 aromatic heterocycles. The van der Waals surface area contributed by atoms with Gasteiger partial charge in [0, 0.05) is 6.07 Å². The first-order valence-corrected chi connectivity index (χ1v) is 2.96. The fourth-order valence-corrected chi connectivity index (χ4v) is 0.683. The number of benzene rings is 1. The summed E-state index contributed by atoms with van der Waals surface area (Å²) in [6.07, 6.45) is -5.05. The highest BCUT2D eigenvalue weighted by Gasteiger charge is 2.36. The van der Waals surface area contributed by atoms with Crippen molar-refractivity contribution in [3.63, 3.8) is 0 Å². The molecule has 71 valence electrons. The molecule has 1 aromatic rings. The lowest BCUT2D eigenvalue weighted by atomic mass is 10.2. The molecule has 0 nitrogen and oxygen atoms in total. The van der Waals surface area contributed by atoms with Crippen molar-refractivity contribution in [2.45, 2.75) is 6.18 Å². The standard InChI is InChI=1S/C7HF6/c8-4-2-1-3(7(11,12)13)5(9)6(4)10/h1H. The molecule has 0 aliphatic carbocycles. The van der Waals surface area contributed by atoms with E-state index in [4.69, 9.17) is 0 Å². The van der Waals surface area contributed by atoms with E-state index in [1.54, 1.807) is 0 Å². The van der Waals surface area contributed by atoms with Crippen molar-refractivity contribution in [2.75, 3.05) is 0 Å². The third kappa shape index (κ3) is 1.76. The van der Waals surface area contributed by atoms with E-state index in [1.165, 1.54) is 6.07 Å². The zero-order valence-electron chi connectivity index (χ0n) is 5.85. The number of halogens is 6. The van der Waals surface area contributed by atoms with E-state index in [0.717, 1.165) is 0 Å². The molecule has 0 atom stereocenters. The van der Waals surface area contributed by atoms with Crippen LogP contribution in [0.15, 0.2) is 6.07 Å². The minimum Gasteiger partial charge on any atom is -0.203 e. The molecule has 0 spiro atoms. The van der Waals surface area contributed by atoms with Crippen molar-refractivity contribution in [2.24, 2.45) is 0 Å². The van der Waals surface area contributed by atoms with Crippen molar-refractivity contribution >= 4 is 0 Å². The second-order valence-corrected chi connectivity index (χ2v) is 2.14. The molecule has 0 saturated heterocycles. The summed E-state index contributed by atoms with van der Waals surface area (Å²) in [6, 6.07) is 1.34. The van der Waals surface area contributed by atoms with Crippen LogP contribution in [-0.4, -0.2) is 0 Å². The maximum absolute atomic E-state index is 12.4.